The van der Waals surface area contributed by atoms with Crippen LogP contribution in [0.1, 0.15) is 5.56 Å². The van der Waals surface area contributed by atoms with Crippen LogP contribution in [0.2, 0.25) is 0 Å². The lowest BCUT2D eigenvalue weighted by Gasteiger charge is -2.00. The van der Waals surface area contributed by atoms with Crippen LogP contribution in [0.5, 0.6) is 0 Å². The van der Waals surface area contributed by atoms with Crippen LogP contribution in [0.3, 0.4) is 0 Å². The van der Waals surface area contributed by atoms with E-state index in [1.54, 1.807) is 10.8 Å². The first-order chi connectivity index (χ1) is 11.7. The first kappa shape index (κ1) is 16.2. The van der Waals surface area contributed by atoms with Gasteiger partial charge >= 0.3 is 5.97 Å². The van der Waals surface area contributed by atoms with Crippen molar-refractivity contribution in [3.63, 3.8) is 0 Å². The Labute approximate surface area is 148 Å². The Bertz CT molecular complexity index is 868. The number of hydrogen-bond donors (Lipinski definition) is 0. The number of carbonyl (C=O) groups excluding carboxylic acids is 1. The van der Waals surface area contributed by atoms with Crippen molar-refractivity contribution in [3.8, 4) is 16.9 Å². The third-order valence-electron chi connectivity index (χ3n) is 3.48. The average molecular weight is 383 g/mol. The number of benzene rings is 2. The molecule has 0 fully saturated rings. The van der Waals surface area contributed by atoms with Crippen molar-refractivity contribution < 1.29 is 9.53 Å². The zero-order valence-electron chi connectivity index (χ0n) is 13.0. The number of nitrogens with zero attached hydrogens (tertiary/aromatic N) is 2. The Morgan fingerprint density at radius 2 is 1.83 bits per heavy atom. The second-order valence-corrected chi connectivity index (χ2v) is 5.99. The maximum Gasteiger partial charge on any atom is 0.330 e. The minimum absolute atomic E-state index is 0.399. The lowest BCUT2D eigenvalue weighted by Crippen LogP contribution is -1.93. The van der Waals surface area contributed by atoms with Crippen molar-refractivity contribution in [1.29, 1.82) is 0 Å². The first-order valence-corrected chi connectivity index (χ1v) is 8.14. The summed E-state index contributed by atoms with van der Waals surface area (Å²) >= 11 is 3.44. The van der Waals surface area contributed by atoms with Crippen LogP contribution in [-0.2, 0) is 9.53 Å². The molecule has 3 aromatic rings. The molecule has 24 heavy (non-hydrogen) atoms. The predicted octanol–water partition coefficient (Wildman–Crippen LogP) is 4.49. The highest BCUT2D eigenvalue weighted by molar-refractivity contribution is 9.10. The summed E-state index contributed by atoms with van der Waals surface area (Å²) in [6.07, 6.45) is 5.01. The number of aromatic nitrogens is 2. The van der Waals surface area contributed by atoms with Crippen molar-refractivity contribution >= 4 is 28.0 Å². The van der Waals surface area contributed by atoms with Crippen LogP contribution >= 0.6 is 15.9 Å². The molecular formula is C19H15BrN2O2. The molecule has 0 N–H and O–H groups in total. The zero-order chi connectivity index (χ0) is 16.9. The Kier molecular flexibility index (Phi) is 4.91. The average Bonchev–Trinajstić information content (AvgIpc) is 3.05. The van der Waals surface area contributed by atoms with Gasteiger partial charge in [0.25, 0.3) is 0 Å². The van der Waals surface area contributed by atoms with Gasteiger partial charge in [0.05, 0.1) is 18.5 Å². The Morgan fingerprint density at radius 1 is 1.12 bits per heavy atom. The summed E-state index contributed by atoms with van der Waals surface area (Å²) in [4.78, 5) is 11.4. The largest absolute Gasteiger partial charge is 0.466 e. The summed E-state index contributed by atoms with van der Waals surface area (Å²) in [6, 6.07) is 17.7. The number of halogens is 1. The number of methoxy groups -OCH3 is 1. The number of ether oxygens (including phenoxy) is 1. The highest BCUT2D eigenvalue weighted by atomic mass is 79.9. The van der Waals surface area contributed by atoms with E-state index in [0.29, 0.717) is 0 Å². The van der Waals surface area contributed by atoms with Gasteiger partial charge in [-0.05, 0) is 30.3 Å². The molecule has 1 heterocycles. The van der Waals surface area contributed by atoms with E-state index in [1.807, 2.05) is 60.8 Å². The summed E-state index contributed by atoms with van der Waals surface area (Å²) in [5, 5.41) is 4.68. The Balaban J connectivity index is 2.07. The van der Waals surface area contributed by atoms with E-state index in [9.17, 15) is 4.79 Å². The Morgan fingerprint density at radius 3 is 2.50 bits per heavy atom. The number of rotatable bonds is 4. The molecule has 0 radical (unpaired) electrons. The molecule has 0 saturated heterocycles. The van der Waals surface area contributed by atoms with E-state index in [0.717, 1.165) is 27.0 Å². The molecule has 1 aromatic heterocycles. The summed E-state index contributed by atoms with van der Waals surface area (Å²) in [7, 11) is 1.36. The number of para-hydroxylation sites is 1. The molecule has 2 aromatic carbocycles. The van der Waals surface area contributed by atoms with Gasteiger partial charge in [-0.1, -0.05) is 46.3 Å². The standard InChI is InChI=1S/C19H15BrN2O2/c1-24-18(23)12-9-15-13-22(17-5-3-2-4-6-17)21-19(15)14-7-10-16(20)11-8-14/h2-13H,1H3. The summed E-state index contributed by atoms with van der Waals surface area (Å²) in [5.41, 5.74) is 3.56. The zero-order valence-corrected chi connectivity index (χ0v) is 14.6. The molecule has 0 aliphatic rings. The van der Waals surface area contributed by atoms with E-state index in [4.69, 9.17) is 0 Å². The first-order valence-electron chi connectivity index (χ1n) is 7.34. The van der Waals surface area contributed by atoms with E-state index >= 15 is 0 Å². The molecule has 5 heteroatoms. The fraction of sp³-hybridized carbons (Fsp3) is 0.0526. The molecule has 0 spiro atoms. The van der Waals surface area contributed by atoms with Crippen LogP contribution < -0.4 is 0 Å². The number of carbonyl (C=O) groups is 1. The molecule has 0 aliphatic heterocycles. The van der Waals surface area contributed by atoms with Crippen LogP contribution in [0, 0.1) is 0 Å². The third kappa shape index (κ3) is 3.63. The lowest BCUT2D eigenvalue weighted by atomic mass is 10.1. The molecule has 0 saturated carbocycles. The summed E-state index contributed by atoms with van der Waals surface area (Å²) in [6.45, 7) is 0. The van der Waals surface area contributed by atoms with Gasteiger partial charge in [0.15, 0.2) is 0 Å². The van der Waals surface area contributed by atoms with Gasteiger partial charge in [-0.15, -0.1) is 0 Å². The maximum absolute atomic E-state index is 11.4. The molecule has 0 aliphatic carbocycles. The van der Waals surface area contributed by atoms with Crippen molar-refractivity contribution in [2.75, 3.05) is 7.11 Å². The minimum Gasteiger partial charge on any atom is -0.466 e. The normalized spacial score (nSPS) is 10.9. The summed E-state index contributed by atoms with van der Waals surface area (Å²) < 4.78 is 7.47. The van der Waals surface area contributed by atoms with Gasteiger partial charge in [0, 0.05) is 27.9 Å². The topological polar surface area (TPSA) is 44.1 Å². The van der Waals surface area contributed by atoms with Crippen LogP contribution in [0.15, 0.2) is 71.3 Å². The fourth-order valence-corrected chi connectivity index (χ4v) is 2.54. The maximum atomic E-state index is 11.4. The van der Waals surface area contributed by atoms with Crippen molar-refractivity contribution in [2.24, 2.45) is 0 Å². The van der Waals surface area contributed by atoms with Crippen molar-refractivity contribution in [1.82, 2.24) is 9.78 Å². The molecule has 0 amide bonds. The summed E-state index contributed by atoms with van der Waals surface area (Å²) in [5.74, 6) is -0.399. The van der Waals surface area contributed by atoms with Gasteiger partial charge in [-0.25, -0.2) is 9.48 Å². The van der Waals surface area contributed by atoms with Crippen LogP contribution in [-0.4, -0.2) is 22.9 Å². The van der Waals surface area contributed by atoms with E-state index < -0.39 is 5.97 Å². The fourth-order valence-electron chi connectivity index (χ4n) is 2.28. The van der Waals surface area contributed by atoms with E-state index in [-0.39, 0.29) is 0 Å². The highest BCUT2D eigenvalue weighted by Gasteiger charge is 2.11. The molecule has 0 atom stereocenters. The monoisotopic (exact) mass is 382 g/mol. The smallest absolute Gasteiger partial charge is 0.330 e. The molecule has 120 valence electrons. The SMILES string of the molecule is COC(=O)C=Cc1cn(-c2ccccc2)nc1-c1ccc(Br)cc1. The van der Waals surface area contributed by atoms with Gasteiger partial charge in [0.2, 0.25) is 0 Å². The van der Waals surface area contributed by atoms with Crippen LogP contribution in [0.4, 0.5) is 0 Å². The van der Waals surface area contributed by atoms with Crippen molar-refractivity contribution in [3.05, 3.63) is 76.9 Å². The molecule has 3 rings (SSSR count). The van der Waals surface area contributed by atoms with Gasteiger partial charge in [-0.3, -0.25) is 0 Å². The molecule has 0 unspecified atom stereocenters. The second-order valence-electron chi connectivity index (χ2n) is 5.08. The van der Waals surface area contributed by atoms with Gasteiger partial charge in [0.1, 0.15) is 0 Å². The third-order valence-corrected chi connectivity index (χ3v) is 4.01. The van der Waals surface area contributed by atoms with Crippen molar-refractivity contribution in [2.45, 2.75) is 0 Å². The minimum atomic E-state index is -0.399. The number of hydrogen-bond acceptors (Lipinski definition) is 3. The van der Waals surface area contributed by atoms with Crippen LogP contribution in [0.25, 0.3) is 23.0 Å². The van der Waals surface area contributed by atoms with Gasteiger partial charge in [-0.2, -0.15) is 5.10 Å². The second kappa shape index (κ2) is 7.27. The molecule has 0 bridgehead atoms. The highest BCUT2D eigenvalue weighted by Crippen LogP contribution is 2.26. The molecule has 4 nitrogen and oxygen atoms in total. The Hall–Kier alpha value is -2.66. The predicted molar refractivity (Wildman–Crippen MR) is 97.8 cm³/mol. The van der Waals surface area contributed by atoms with E-state index in [1.165, 1.54) is 13.2 Å². The van der Waals surface area contributed by atoms with Gasteiger partial charge < -0.3 is 4.74 Å². The lowest BCUT2D eigenvalue weighted by molar-refractivity contribution is -0.134. The number of esters is 1. The quantitative estimate of drug-likeness (QED) is 0.493. The molecular weight excluding hydrogens is 368 g/mol. The van der Waals surface area contributed by atoms with E-state index in [2.05, 4.69) is 25.8 Å².